The quantitative estimate of drug-likeness (QED) is 0.744. The van der Waals surface area contributed by atoms with Crippen molar-refractivity contribution in [3.05, 3.63) is 29.6 Å². The maximum atomic E-state index is 11.5. The molecule has 76 valence electrons. The van der Waals surface area contributed by atoms with Gasteiger partial charge in [0.25, 0.3) is 0 Å². The molecule has 2 rings (SSSR count). The summed E-state index contributed by atoms with van der Waals surface area (Å²) < 4.78 is 11.5. The molecule has 2 heterocycles. The Morgan fingerprint density at radius 3 is 3.00 bits per heavy atom. The van der Waals surface area contributed by atoms with Gasteiger partial charge in [0.05, 0.1) is 0 Å². The number of nitrogens with zero attached hydrogens (tertiary/aromatic N) is 1. The first-order valence-electron chi connectivity index (χ1n) is 5.04. The van der Waals surface area contributed by atoms with E-state index in [1.807, 2.05) is 19.2 Å². The Morgan fingerprint density at radius 1 is 1.57 bits per heavy atom. The Bertz CT molecular complexity index is 334. The molecule has 2 atom stereocenters. The van der Waals surface area contributed by atoms with Crippen LogP contribution in [0, 0.1) is 6.92 Å². The topological polar surface area (TPSA) is 30.0 Å². The largest absolute Gasteiger partial charge is 0.261 e. The average molecular weight is 209 g/mol. The Kier molecular flexibility index (Phi) is 2.96. The van der Waals surface area contributed by atoms with Crippen LogP contribution in [-0.4, -0.2) is 20.2 Å². The fourth-order valence-electron chi connectivity index (χ4n) is 1.83. The monoisotopic (exact) mass is 209 g/mol. The Balaban J connectivity index is 2.03. The molecule has 2 nitrogen and oxygen atoms in total. The molecule has 0 aromatic carbocycles. The minimum atomic E-state index is -0.594. The van der Waals surface area contributed by atoms with Gasteiger partial charge in [0.1, 0.15) is 0 Å². The van der Waals surface area contributed by atoms with Crippen LogP contribution < -0.4 is 0 Å². The highest BCUT2D eigenvalue weighted by Gasteiger charge is 2.22. The highest BCUT2D eigenvalue weighted by atomic mass is 32.2. The molecule has 0 spiro atoms. The summed E-state index contributed by atoms with van der Waals surface area (Å²) in [5.41, 5.74) is 2.26. The summed E-state index contributed by atoms with van der Waals surface area (Å²) in [5, 5.41) is 0.375. The fourth-order valence-corrected chi connectivity index (χ4v) is 3.42. The summed E-state index contributed by atoms with van der Waals surface area (Å²) in [6.45, 7) is 1.98. The number of rotatable bonds is 2. The summed E-state index contributed by atoms with van der Waals surface area (Å²) in [5.74, 6) is 0.893. The molecule has 0 saturated carbocycles. The van der Waals surface area contributed by atoms with Gasteiger partial charge in [-0.3, -0.25) is 9.19 Å². The van der Waals surface area contributed by atoms with E-state index in [2.05, 4.69) is 11.1 Å². The predicted octanol–water partition coefficient (Wildman–Crippen LogP) is 1.84. The van der Waals surface area contributed by atoms with Gasteiger partial charge in [0.2, 0.25) is 0 Å². The van der Waals surface area contributed by atoms with E-state index in [0.29, 0.717) is 5.25 Å². The molecule has 1 aliphatic rings. The maximum absolute atomic E-state index is 11.5. The van der Waals surface area contributed by atoms with Gasteiger partial charge in [-0.25, -0.2) is 0 Å². The lowest BCUT2D eigenvalue weighted by Crippen LogP contribution is -2.12. The zero-order valence-electron chi connectivity index (χ0n) is 8.40. The normalized spacial score (nSPS) is 26.6. The van der Waals surface area contributed by atoms with Crippen molar-refractivity contribution in [1.82, 2.24) is 4.98 Å². The highest BCUT2D eigenvalue weighted by Crippen LogP contribution is 2.20. The van der Waals surface area contributed by atoms with Crippen LogP contribution in [0.25, 0.3) is 0 Å². The van der Waals surface area contributed by atoms with Gasteiger partial charge in [0, 0.05) is 33.7 Å². The van der Waals surface area contributed by atoms with Crippen molar-refractivity contribution in [3.8, 4) is 0 Å². The second kappa shape index (κ2) is 4.22. The van der Waals surface area contributed by atoms with Gasteiger partial charge in [-0.15, -0.1) is 0 Å². The second-order valence-corrected chi connectivity index (χ2v) is 5.70. The summed E-state index contributed by atoms with van der Waals surface area (Å²) in [4.78, 5) is 4.25. The van der Waals surface area contributed by atoms with Crippen LogP contribution in [0.2, 0.25) is 0 Å². The van der Waals surface area contributed by atoms with E-state index in [1.165, 1.54) is 5.56 Å². The minimum Gasteiger partial charge on any atom is -0.261 e. The Hall–Kier alpha value is -0.700. The summed E-state index contributed by atoms with van der Waals surface area (Å²) in [6.07, 6.45) is 5.07. The van der Waals surface area contributed by atoms with Crippen LogP contribution in [0.15, 0.2) is 18.3 Å². The van der Waals surface area contributed by atoms with Crippen molar-refractivity contribution in [3.63, 3.8) is 0 Å². The molecule has 0 bridgehead atoms. The molecule has 1 aromatic rings. The first-order chi connectivity index (χ1) is 6.75. The van der Waals surface area contributed by atoms with Crippen molar-refractivity contribution >= 4 is 10.8 Å². The lowest BCUT2D eigenvalue weighted by Gasteiger charge is -2.07. The Labute approximate surface area is 87.2 Å². The number of hydrogen-bond acceptors (Lipinski definition) is 2. The van der Waals surface area contributed by atoms with E-state index in [4.69, 9.17) is 0 Å². The Morgan fingerprint density at radius 2 is 2.43 bits per heavy atom. The molecule has 1 aliphatic heterocycles. The zero-order valence-corrected chi connectivity index (χ0v) is 9.22. The molecular weight excluding hydrogens is 194 g/mol. The molecule has 2 unspecified atom stereocenters. The predicted molar refractivity (Wildman–Crippen MR) is 58.7 cm³/mol. The molecule has 1 fully saturated rings. The van der Waals surface area contributed by atoms with Crippen molar-refractivity contribution in [2.75, 3.05) is 5.75 Å². The molecule has 14 heavy (non-hydrogen) atoms. The fraction of sp³-hybridized carbons (Fsp3) is 0.545. The first kappa shape index (κ1) is 9.84. The van der Waals surface area contributed by atoms with E-state index in [0.717, 1.165) is 30.7 Å². The third-order valence-corrected chi connectivity index (χ3v) is 4.52. The van der Waals surface area contributed by atoms with E-state index in [-0.39, 0.29) is 0 Å². The SMILES string of the molecule is Cc1ccc(CC2CCCS2=O)cn1. The van der Waals surface area contributed by atoms with Gasteiger partial charge < -0.3 is 0 Å². The summed E-state index contributed by atoms with van der Waals surface area (Å²) in [6, 6.07) is 4.12. The third kappa shape index (κ3) is 2.21. The van der Waals surface area contributed by atoms with Gasteiger partial charge in [-0.05, 0) is 37.8 Å². The minimum absolute atomic E-state index is 0.375. The standard InChI is InChI=1S/C11H15NOS/c1-9-4-5-10(8-12-9)7-11-3-2-6-14(11)13/h4-5,8,11H,2-3,6-7H2,1H3. The molecule has 0 aliphatic carbocycles. The summed E-state index contributed by atoms with van der Waals surface area (Å²) in [7, 11) is -0.594. The molecule has 1 saturated heterocycles. The third-order valence-electron chi connectivity index (χ3n) is 2.68. The van der Waals surface area contributed by atoms with Crippen LogP contribution in [0.3, 0.4) is 0 Å². The van der Waals surface area contributed by atoms with Crippen molar-refractivity contribution < 1.29 is 4.21 Å². The van der Waals surface area contributed by atoms with E-state index >= 15 is 0 Å². The van der Waals surface area contributed by atoms with Crippen molar-refractivity contribution in [2.24, 2.45) is 0 Å². The molecule has 0 radical (unpaired) electrons. The molecule has 3 heteroatoms. The highest BCUT2D eigenvalue weighted by molar-refractivity contribution is 7.85. The number of hydrogen-bond donors (Lipinski definition) is 0. The van der Waals surface area contributed by atoms with Crippen molar-refractivity contribution in [2.45, 2.75) is 31.4 Å². The number of pyridine rings is 1. The average Bonchev–Trinajstić information content (AvgIpc) is 2.56. The van der Waals surface area contributed by atoms with E-state index in [9.17, 15) is 4.21 Å². The molecule has 0 N–H and O–H groups in total. The van der Waals surface area contributed by atoms with Crippen LogP contribution in [0.5, 0.6) is 0 Å². The zero-order chi connectivity index (χ0) is 9.97. The van der Waals surface area contributed by atoms with Crippen LogP contribution in [0.1, 0.15) is 24.1 Å². The van der Waals surface area contributed by atoms with Crippen LogP contribution in [-0.2, 0) is 17.2 Å². The summed E-state index contributed by atoms with van der Waals surface area (Å²) >= 11 is 0. The smallest absolute Gasteiger partial charge is 0.0389 e. The van der Waals surface area contributed by atoms with Crippen molar-refractivity contribution in [1.29, 1.82) is 0 Å². The molecular formula is C11H15NOS. The number of aryl methyl sites for hydroxylation is 1. The van der Waals surface area contributed by atoms with Gasteiger partial charge in [-0.1, -0.05) is 6.07 Å². The van der Waals surface area contributed by atoms with Gasteiger partial charge in [-0.2, -0.15) is 0 Å². The lowest BCUT2D eigenvalue weighted by atomic mass is 10.1. The first-order valence-corrected chi connectivity index (χ1v) is 6.42. The van der Waals surface area contributed by atoms with Gasteiger partial charge in [0.15, 0.2) is 0 Å². The van der Waals surface area contributed by atoms with Crippen LogP contribution >= 0.6 is 0 Å². The van der Waals surface area contributed by atoms with E-state index < -0.39 is 10.8 Å². The lowest BCUT2D eigenvalue weighted by molar-refractivity contribution is 0.674. The second-order valence-electron chi connectivity index (χ2n) is 3.86. The van der Waals surface area contributed by atoms with Gasteiger partial charge >= 0.3 is 0 Å². The van der Waals surface area contributed by atoms with E-state index in [1.54, 1.807) is 0 Å². The van der Waals surface area contributed by atoms with Crippen LogP contribution in [0.4, 0.5) is 0 Å². The number of aromatic nitrogens is 1. The molecule has 0 amide bonds. The molecule has 1 aromatic heterocycles. The maximum Gasteiger partial charge on any atom is 0.0389 e.